The van der Waals surface area contributed by atoms with Gasteiger partial charge in [0, 0.05) is 30.7 Å². The monoisotopic (exact) mass is 320 g/mol. The van der Waals surface area contributed by atoms with Crippen LogP contribution in [-0.2, 0) is 0 Å². The normalized spacial score (nSPS) is 11.0. The smallest absolute Gasteiger partial charge is 0.264 e. The average molecular weight is 321 g/mol. The quantitative estimate of drug-likeness (QED) is 0.780. The molecule has 0 bridgehead atoms. The molecule has 0 spiro atoms. The summed E-state index contributed by atoms with van der Waals surface area (Å²) < 4.78 is 0. The van der Waals surface area contributed by atoms with E-state index in [0.717, 1.165) is 31.7 Å². The minimum absolute atomic E-state index is 0.498. The first-order valence-corrected chi connectivity index (χ1v) is 7.78. The molecule has 0 unspecified atom stereocenters. The van der Waals surface area contributed by atoms with Crippen molar-refractivity contribution in [1.29, 1.82) is 0 Å². The molecule has 6 nitrogen and oxygen atoms in total. The number of nitrogens with zero attached hydrogens (tertiary/aromatic N) is 6. The lowest BCUT2D eigenvalue weighted by Gasteiger charge is -2.22. The third kappa shape index (κ3) is 4.35. The maximum atomic E-state index is 5.87. The molecule has 1 heterocycles. The molecule has 0 saturated carbocycles. The number of hydrogen-bond donors (Lipinski definition) is 0. The third-order valence-corrected chi connectivity index (χ3v) is 3.81. The van der Waals surface area contributed by atoms with Gasteiger partial charge in [-0.2, -0.15) is 0 Å². The highest BCUT2D eigenvalue weighted by atomic mass is 35.5. The van der Waals surface area contributed by atoms with Gasteiger partial charge in [-0.1, -0.05) is 25.4 Å². The van der Waals surface area contributed by atoms with Crippen LogP contribution in [0.5, 0.6) is 0 Å². The minimum atomic E-state index is 0.498. The van der Waals surface area contributed by atoms with Crippen LogP contribution in [0.25, 0.3) is 11.4 Å². The topological polar surface area (TPSA) is 58.0 Å². The molecule has 0 aliphatic rings. The predicted molar refractivity (Wildman–Crippen MR) is 89.1 cm³/mol. The highest BCUT2D eigenvalue weighted by Gasteiger charge is 2.09. The summed E-state index contributed by atoms with van der Waals surface area (Å²) in [5, 5.41) is 17.3. The third-order valence-electron chi connectivity index (χ3n) is 3.56. The average Bonchev–Trinajstić information content (AvgIpc) is 2.56. The lowest BCUT2D eigenvalue weighted by atomic mass is 10.2. The molecular formula is C15H21ClN6. The first-order valence-electron chi connectivity index (χ1n) is 7.40. The fourth-order valence-electron chi connectivity index (χ4n) is 2.02. The number of benzene rings is 1. The van der Waals surface area contributed by atoms with E-state index in [4.69, 9.17) is 11.6 Å². The fourth-order valence-corrected chi connectivity index (χ4v) is 2.15. The Morgan fingerprint density at radius 3 is 2.05 bits per heavy atom. The molecule has 0 N–H and O–H groups in total. The van der Waals surface area contributed by atoms with Gasteiger partial charge in [0.05, 0.1) is 0 Å². The van der Waals surface area contributed by atoms with Gasteiger partial charge in [-0.25, -0.2) is 0 Å². The molecule has 0 atom stereocenters. The molecule has 1 aromatic carbocycles. The van der Waals surface area contributed by atoms with Crippen LogP contribution in [-0.4, -0.2) is 58.5 Å². The zero-order chi connectivity index (χ0) is 15.9. The number of halogens is 1. The summed E-state index contributed by atoms with van der Waals surface area (Å²) >= 11 is 5.87. The van der Waals surface area contributed by atoms with E-state index in [2.05, 4.69) is 39.1 Å². The standard InChI is InChI=1S/C15H21ClN6/c1-4-22(5-2)11-10-21(3)15-19-17-14(18-20-15)12-6-8-13(16)9-7-12/h6-9H,4-5,10-11H2,1-3H3. The van der Waals surface area contributed by atoms with Crippen molar-refractivity contribution in [3.8, 4) is 11.4 Å². The molecule has 0 amide bonds. The largest absolute Gasteiger partial charge is 0.340 e. The predicted octanol–water partition coefficient (Wildman–Crippen LogP) is 2.37. The molecule has 0 radical (unpaired) electrons. The molecule has 0 fully saturated rings. The Morgan fingerprint density at radius 2 is 1.50 bits per heavy atom. The Bertz CT molecular complexity index is 568. The van der Waals surface area contributed by atoms with Crippen LogP contribution in [0.1, 0.15) is 13.8 Å². The van der Waals surface area contributed by atoms with Crippen molar-refractivity contribution in [2.75, 3.05) is 38.1 Å². The molecule has 2 rings (SSSR count). The fraction of sp³-hybridized carbons (Fsp3) is 0.467. The minimum Gasteiger partial charge on any atom is -0.340 e. The van der Waals surface area contributed by atoms with Crippen molar-refractivity contribution < 1.29 is 0 Å². The van der Waals surface area contributed by atoms with Crippen molar-refractivity contribution in [2.45, 2.75) is 13.8 Å². The number of anilines is 1. The van der Waals surface area contributed by atoms with Crippen molar-refractivity contribution in [3.05, 3.63) is 29.3 Å². The van der Waals surface area contributed by atoms with Crippen molar-refractivity contribution in [2.24, 2.45) is 0 Å². The van der Waals surface area contributed by atoms with Gasteiger partial charge < -0.3 is 9.80 Å². The van der Waals surface area contributed by atoms with Crippen LogP contribution in [0.15, 0.2) is 24.3 Å². The maximum Gasteiger partial charge on any atom is 0.264 e. The SMILES string of the molecule is CCN(CC)CCN(C)c1nnc(-c2ccc(Cl)cc2)nn1. The molecule has 0 aliphatic carbocycles. The summed E-state index contributed by atoms with van der Waals surface area (Å²) in [5.41, 5.74) is 0.849. The van der Waals surface area contributed by atoms with Gasteiger partial charge in [-0.3, -0.25) is 0 Å². The number of rotatable bonds is 7. The van der Waals surface area contributed by atoms with E-state index in [1.807, 2.05) is 24.1 Å². The highest BCUT2D eigenvalue weighted by molar-refractivity contribution is 6.30. The van der Waals surface area contributed by atoms with E-state index in [1.54, 1.807) is 12.1 Å². The van der Waals surface area contributed by atoms with E-state index in [9.17, 15) is 0 Å². The summed E-state index contributed by atoms with van der Waals surface area (Å²) in [6.45, 7) is 8.19. The van der Waals surface area contributed by atoms with Gasteiger partial charge >= 0.3 is 0 Å². The summed E-state index contributed by atoms with van der Waals surface area (Å²) in [4.78, 5) is 4.31. The van der Waals surface area contributed by atoms with Crippen LogP contribution < -0.4 is 4.90 Å². The van der Waals surface area contributed by atoms with Crippen molar-refractivity contribution >= 4 is 17.5 Å². The maximum absolute atomic E-state index is 5.87. The number of likely N-dealkylation sites (N-methyl/N-ethyl adjacent to an activating group) is 2. The Kier molecular flexibility index (Phi) is 6.03. The summed E-state index contributed by atoms with van der Waals surface area (Å²) in [6.07, 6.45) is 0. The van der Waals surface area contributed by atoms with E-state index in [0.29, 0.717) is 16.8 Å². The lowest BCUT2D eigenvalue weighted by molar-refractivity contribution is 0.310. The van der Waals surface area contributed by atoms with Crippen molar-refractivity contribution in [1.82, 2.24) is 25.3 Å². The van der Waals surface area contributed by atoms with Gasteiger partial charge in [0.1, 0.15) is 0 Å². The number of aromatic nitrogens is 4. The second-order valence-corrected chi connectivity index (χ2v) is 5.42. The molecular weight excluding hydrogens is 300 g/mol. The molecule has 0 saturated heterocycles. The van der Waals surface area contributed by atoms with E-state index in [1.165, 1.54) is 0 Å². The molecule has 118 valence electrons. The molecule has 2 aromatic rings. The lowest BCUT2D eigenvalue weighted by Crippen LogP contribution is -2.34. The van der Waals surface area contributed by atoms with Crippen LogP contribution >= 0.6 is 11.6 Å². The Labute approximate surface area is 136 Å². The van der Waals surface area contributed by atoms with Crippen LogP contribution in [0.2, 0.25) is 5.02 Å². The first kappa shape index (κ1) is 16.6. The second kappa shape index (κ2) is 8.00. The van der Waals surface area contributed by atoms with Gasteiger partial charge in [-0.15, -0.1) is 20.4 Å². The van der Waals surface area contributed by atoms with Crippen LogP contribution in [0.3, 0.4) is 0 Å². The van der Waals surface area contributed by atoms with Gasteiger partial charge in [0.25, 0.3) is 5.95 Å². The first-order chi connectivity index (χ1) is 10.6. The highest BCUT2D eigenvalue weighted by Crippen LogP contribution is 2.17. The van der Waals surface area contributed by atoms with Crippen LogP contribution in [0, 0.1) is 0 Å². The summed E-state index contributed by atoms with van der Waals surface area (Å²) in [6, 6.07) is 7.30. The zero-order valence-corrected chi connectivity index (χ0v) is 14.0. The molecule has 0 aliphatic heterocycles. The van der Waals surface area contributed by atoms with Gasteiger partial charge in [-0.05, 0) is 37.4 Å². The zero-order valence-electron chi connectivity index (χ0n) is 13.2. The van der Waals surface area contributed by atoms with Crippen molar-refractivity contribution in [3.63, 3.8) is 0 Å². The van der Waals surface area contributed by atoms with E-state index >= 15 is 0 Å². The Morgan fingerprint density at radius 1 is 0.909 bits per heavy atom. The van der Waals surface area contributed by atoms with Gasteiger partial charge in [0.2, 0.25) is 5.82 Å². The Balaban J connectivity index is 2.00. The van der Waals surface area contributed by atoms with E-state index in [-0.39, 0.29) is 0 Å². The van der Waals surface area contributed by atoms with E-state index < -0.39 is 0 Å². The van der Waals surface area contributed by atoms with Gasteiger partial charge in [0.15, 0.2) is 0 Å². The summed E-state index contributed by atoms with van der Waals surface area (Å²) in [5.74, 6) is 1.03. The second-order valence-electron chi connectivity index (χ2n) is 4.98. The molecule has 7 heteroatoms. The van der Waals surface area contributed by atoms with Crippen LogP contribution in [0.4, 0.5) is 5.95 Å². The molecule has 22 heavy (non-hydrogen) atoms. The number of hydrogen-bond acceptors (Lipinski definition) is 6. The summed E-state index contributed by atoms with van der Waals surface area (Å²) in [7, 11) is 1.95. The Hall–Kier alpha value is -1.79. The molecule has 1 aromatic heterocycles.